The van der Waals surface area contributed by atoms with Gasteiger partial charge < -0.3 is 0 Å². The molecule has 88 valence electrons. The smallest absolute Gasteiger partial charge is 0.142 e. The van der Waals surface area contributed by atoms with Gasteiger partial charge in [0.1, 0.15) is 18.0 Å². The third-order valence-electron chi connectivity index (χ3n) is 3.02. The molecule has 0 fully saturated rings. The van der Waals surface area contributed by atoms with E-state index in [0.29, 0.717) is 0 Å². The quantitative estimate of drug-likeness (QED) is 0.815. The van der Waals surface area contributed by atoms with Crippen LogP contribution in [0, 0.1) is 0 Å². The lowest BCUT2D eigenvalue weighted by molar-refractivity contribution is 1.01. The molecule has 0 radical (unpaired) electrons. The summed E-state index contributed by atoms with van der Waals surface area (Å²) in [6.07, 6.45) is 0. The highest BCUT2D eigenvalue weighted by Gasteiger charge is 2.36. The summed E-state index contributed by atoms with van der Waals surface area (Å²) in [5, 5.41) is 6.52. The molecule has 0 unspecified atom stereocenters. The third-order valence-corrected chi connectivity index (χ3v) is 6.63. The van der Waals surface area contributed by atoms with Crippen LogP contribution in [-0.2, 0) is 0 Å². The molecule has 0 heterocycles. The van der Waals surface area contributed by atoms with Crippen LogP contribution < -0.4 is 15.7 Å². The average molecular weight is 244 g/mol. The van der Waals surface area contributed by atoms with Crippen LogP contribution in [0.25, 0.3) is 0 Å². The second-order valence-corrected chi connectivity index (χ2v) is 7.55. The molecule has 0 aliphatic rings. The van der Waals surface area contributed by atoms with E-state index in [2.05, 4.69) is 79.3 Å². The summed E-state index contributed by atoms with van der Waals surface area (Å²) in [5.74, 6) is 0. The highest BCUT2D eigenvalue weighted by Crippen LogP contribution is 2.47. The van der Waals surface area contributed by atoms with E-state index in [-0.39, 0.29) is 0 Å². The Morgan fingerprint density at radius 2 is 1.24 bits per heavy atom. The number of hydrogen-bond donors (Lipinski definition) is 1. The molecule has 2 aromatic carbocycles. The van der Waals surface area contributed by atoms with E-state index in [1.807, 2.05) is 0 Å². The lowest BCUT2D eigenvalue weighted by atomic mass is 10.4. The highest BCUT2D eigenvalue weighted by molar-refractivity contribution is 7.87. The van der Waals surface area contributed by atoms with Crippen molar-refractivity contribution in [2.75, 3.05) is 13.2 Å². The first-order valence-corrected chi connectivity index (χ1v) is 8.24. The molecular formula is C15H19NP+. The number of benzene rings is 2. The molecule has 2 rings (SSSR count). The van der Waals surface area contributed by atoms with Crippen LogP contribution in [0.4, 0.5) is 0 Å². The lowest BCUT2D eigenvalue weighted by Gasteiger charge is -2.22. The SMILES string of the molecule is CCN[P+](C)(c1ccccc1)c1ccccc1. The summed E-state index contributed by atoms with van der Waals surface area (Å²) < 4.78 is 0. The summed E-state index contributed by atoms with van der Waals surface area (Å²) in [6.45, 7) is 5.51. The van der Waals surface area contributed by atoms with Crippen LogP contribution in [-0.4, -0.2) is 13.2 Å². The molecule has 0 aromatic heterocycles. The summed E-state index contributed by atoms with van der Waals surface area (Å²) in [7, 11) is -1.42. The summed E-state index contributed by atoms with van der Waals surface area (Å²) >= 11 is 0. The van der Waals surface area contributed by atoms with Crippen molar-refractivity contribution in [2.24, 2.45) is 0 Å². The van der Waals surface area contributed by atoms with E-state index in [1.54, 1.807) is 0 Å². The van der Waals surface area contributed by atoms with Gasteiger partial charge in [0.05, 0.1) is 6.66 Å². The predicted octanol–water partition coefficient (Wildman–Crippen LogP) is 2.81. The molecule has 0 aliphatic carbocycles. The van der Waals surface area contributed by atoms with E-state index >= 15 is 0 Å². The van der Waals surface area contributed by atoms with Gasteiger partial charge in [0.25, 0.3) is 0 Å². The van der Waals surface area contributed by atoms with E-state index in [4.69, 9.17) is 0 Å². The van der Waals surface area contributed by atoms with Crippen molar-refractivity contribution in [2.45, 2.75) is 6.92 Å². The lowest BCUT2D eigenvalue weighted by Crippen LogP contribution is -2.32. The maximum absolute atomic E-state index is 3.70. The van der Waals surface area contributed by atoms with Crippen LogP contribution in [0.1, 0.15) is 6.92 Å². The molecule has 0 saturated carbocycles. The molecule has 0 amide bonds. The Hall–Kier alpha value is -1.17. The Labute approximate surface area is 104 Å². The molecule has 0 bridgehead atoms. The van der Waals surface area contributed by atoms with Crippen LogP contribution in [0.15, 0.2) is 60.7 Å². The van der Waals surface area contributed by atoms with Gasteiger partial charge in [-0.05, 0) is 31.2 Å². The minimum absolute atomic E-state index is 0.994. The van der Waals surface area contributed by atoms with Gasteiger partial charge in [0.2, 0.25) is 0 Å². The van der Waals surface area contributed by atoms with Crippen LogP contribution >= 0.6 is 7.41 Å². The summed E-state index contributed by atoms with van der Waals surface area (Å²) in [6, 6.07) is 21.5. The van der Waals surface area contributed by atoms with Crippen molar-refractivity contribution < 1.29 is 0 Å². The van der Waals surface area contributed by atoms with Gasteiger partial charge in [-0.2, -0.15) is 5.09 Å². The van der Waals surface area contributed by atoms with Crippen LogP contribution in [0.3, 0.4) is 0 Å². The highest BCUT2D eigenvalue weighted by atomic mass is 31.2. The fraction of sp³-hybridized carbons (Fsp3) is 0.200. The Morgan fingerprint density at radius 1 is 0.824 bits per heavy atom. The fourth-order valence-corrected chi connectivity index (χ4v) is 4.93. The number of rotatable bonds is 4. The predicted molar refractivity (Wildman–Crippen MR) is 78.7 cm³/mol. The second kappa shape index (κ2) is 5.44. The van der Waals surface area contributed by atoms with Gasteiger partial charge in [-0.25, -0.2) is 0 Å². The molecule has 2 heteroatoms. The molecule has 0 aliphatic heterocycles. The zero-order valence-electron chi connectivity index (χ0n) is 10.4. The normalized spacial score (nSPS) is 11.4. The molecule has 1 nitrogen and oxygen atoms in total. The standard InChI is InChI=1S/C15H19NP/c1-3-16-17(2,14-10-6-4-7-11-14)15-12-8-5-9-13-15/h4-13,16H,3H2,1-2H3/q+1. The first-order valence-electron chi connectivity index (χ1n) is 6.00. The molecule has 17 heavy (non-hydrogen) atoms. The number of hydrogen-bond acceptors (Lipinski definition) is 1. The third kappa shape index (κ3) is 2.57. The van der Waals surface area contributed by atoms with Gasteiger partial charge in [-0.1, -0.05) is 36.4 Å². The van der Waals surface area contributed by atoms with Crippen molar-refractivity contribution >= 4 is 18.0 Å². The maximum atomic E-state index is 3.70. The van der Waals surface area contributed by atoms with Crippen LogP contribution in [0.2, 0.25) is 0 Å². The van der Waals surface area contributed by atoms with Gasteiger partial charge in [0.15, 0.2) is 0 Å². The van der Waals surface area contributed by atoms with Gasteiger partial charge in [-0.3, -0.25) is 0 Å². The number of nitrogens with one attached hydrogen (secondary N) is 1. The Balaban J connectivity index is 2.47. The largest absolute Gasteiger partial charge is 0.184 e. The minimum atomic E-state index is -1.42. The monoisotopic (exact) mass is 244 g/mol. The maximum Gasteiger partial charge on any atom is 0.142 e. The van der Waals surface area contributed by atoms with Gasteiger partial charge in [0, 0.05) is 6.54 Å². The second-order valence-electron chi connectivity index (χ2n) is 4.19. The Kier molecular flexibility index (Phi) is 3.93. The minimum Gasteiger partial charge on any atom is -0.184 e. The average Bonchev–Trinajstić information content (AvgIpc) is 2.41. The molecule has 0 spiro atoms. The Morgan fingerprint density at radius 3 is 1.59 bits per heavy atom. The van der Waals surface area contributed by atoms with Crippen molar-refractivity contribution in [1.82, 2.24) is 5.09 Å². The van der Waals surface area contributed by atoms with E-state index in [0.717, 1.165) is 6.54 Å². The Bertz CT molecular complexity index is 413. The van der Waals surface area contributed by atoms with Crippen molar-refractivity contribution in [3.05, 3.63) is 60.7 Å². The molecule has 1 N–H and O–H groups in total. The van der Waals surface area contributed by atoms with E-state index < -0.39 is 7.41 Å². The molecular weight excluding hydrogens is 225 g/mol. The summed E-state index contributed by atoms with van der Waals surface area (Å²) in [4.78, 5) is 0. The van der Waals surface area contributed by atoms with Crippen molar-refractivity contribution in [1.29, 1.82) is 0 Å². The fourth-order valence-electron chi connectivity index (χ4n) is 2.10. The topological polar surface area (TPSA) is 12.0 Å². The summed E-state index contributed by atoms with van der Waals surface area (Å²) in [5.41, 5.74) is 0. The van der Waals surface area contributed by atoms with Crippen molar-refractivity contribution in [3.8, 4) is 0 Å². The van der Waals surface area contributed by atoms with Crippen LogP contribution in [0.5, 0.6) is 0 Å². The van der Waals surface area contributed by atoms with E-state index in [1.165, 1.54) is 10.6 Å². The molecule has 2 aromatic rings. The van der Waals surface area contributed by atoms with E-state index in [9.17, 15) is 0 Å². The van der Waals surface area contributed by atoms with Gasteiger partial charge in [-0.15, -0.1) is 0 Å². The zero-order valence-corrected chi connectivity index (χ0v) is 11.3. The van der Waals surface area contributed by atoms with Gasteiger partial charge >= 0.3 is 0 Å². The zero-order chi connectivity index (χ0) is 12.1. The molecule has 0 saturated heterocycles. The molecule has 0 atom stereocenters. The first-order chi connectivity index (χ1) is 8.27. The van der Waals surface area contributed by atoms with Crippen molar-refractivity contribution in [3.63, 3.8) is 0 Å². The first kappa shape index (κ1) is 12.3.